The van der Waals surface area contributed by atoms with Crippen molar-refractivity contribution in [2.24, 2.45) is 11.7 Å². The van der Waals surface area contributed by atoms with Crippen molar-refractivity contribution in [1.29, 1.82) is 0 Å². The summed E-state index contributed by atoms with van der Waals surface area (Å²) in [4.78, 5) is 21.5. The Labute approximate surface area is 138 Å². The van der Waals surface area contributed by atoms with Gasteiger partial charge in [-0.1, -0.05) is 12.8 Å². The molecule has 3 rings (SSSR count). The molecule has 0 spiro atoms. The standard InChI is InChI=1S/C18H28N4O/c1-14-10-15(11-19)13-22(14)18(23)16-6-7-17(20-12-16)21-8-4-2-3-5-9-21/h6-7,12,14-15H,2-5,8-11,13,19H2,1H3. The second-order valence-corrected chi connectivity index (χ2v) is 6.95. The Morgan fingerprint density at radius 1 is 1.26 bits per heavy atom. The second kappa shape index (κ2) is 7.30. The molecule has 2 aliphatic heterocycles. The highest BCUT2D eigenvalue weighted by atomic mass is 16.2. The van der Waals surface area contributed by atoms with E-state index in [1.54, 1.807) is 6.20 Å². The first-order valence-electron chi connectivity index (χ1n) is 8.91. The molecule has 0 saturated carbocycles. The molecule has 2 aliphatic rings. The van der Waals surface area contributed by atoms with Gasteiger partial charge in [0.05, 0.1) is 5.56 Å². The number of aromatic nitrogens is 1. The molecule has 23 heavy (non-hydrogen) atoms. The zero-order valence-corrected chi connectivity index (χ0v) is 14.1. The highest BCUT2D eigenvalue weighted by Gasteiger charge is 2.32. The lowest BCUT2D eigenvalue weighted by Crippen LogP contribution is -2.34. The van der Waals surface area contributed by atoms with Gasteiger partial charge in [-0.25, -0.2) is 4.98 Å². The van der Waals surface area contributed by atoms with Crippen LogP contribution in [-0.2, 0) is 0 Å². The lowest BCUT2D eigenvalue weighted by Gasteiger charge is -2.23. The van der Waals surface area contributed by atoms with Crippen LogP contribution in [-0.4, -0.2) is 48.0 Å². The van der Waals surface area contributed by atoms with E-state index in [4.69, 9.17) is 5.73 Å². The number of nitrogens with zero attached hydrogens (tertiary/aromatic N) is 3. The third kappa shape index (κ3) is 3.66. The summed E-state index contributed by atoms with van der Waals surface area (Å²) in [5.74, 6) is 1.51. The summed E-state index contributed by atoms with van der Waals surface area (Å²) in [5, 5.41) is 0. The summed E-state index contributed by atoms with van der Waals surface area (Å²) in [7, 11) is 0. The number of carbonyl (C=O) groups excluding carboxylic acids is 1. The van der Waals surface area contributed by atoms with Crippen LogP contribution in [0.15, 0.2) is 18.3 Å². The Hall–Kier alpha value is -1.62. The molecule has 1 amide bonds. The van der Waals surface area contributed by atoms with Crippen LogP contribution in [0.25, 0.3) is 0 Å². The van der Waals surface area contributed by atoms with Gasteiger partial charge in [-0.3, -0.25) is 4.79 Å². The van der Waals surface area contributed by atoms with Crippen molar-refractivity contribution in [3.05, 3.63) is 23.9 Å². The lowest BCUT2D eigenvalue weighted by atomic mass is 10.1. The first-order chi connectivity index (χ1) is 11.2. The van der Waals surface area contributed by atoms with Gasteiger partial charge in [0, 0.05) is 31.9 Å². The smallest absolute Gasteiger partial charge is 0.255 e. The van der Waals surface area contributed by atoms with Gasteiger partial charge in [0.2, 0.25) is 0 Å². The Balaban J connectivity index is 1.68. The number of likely N-dealkylation sites (tertiary alicyclic amines) is 1. The van der Waals surface area contributed by atoms with Gasteiger partial charge in [-0.2, -0.15) is 0 Å². The number of rotatable bonds is 3. The number of amides is 1. The summed E-state index contributed by atoms with van der Waals surface area (Å²) < 4.78 is 0. The van der Waals surface area contributed by atoms with E-state index in [2.05, 4.69) is 16.8 Å². The van der Waals surface area contributed by atoms with Crippen molar-refractivity contribution in [2.75, 3.05) is 31.1 Å². The molecule has 126 valence electrons. The van der Waals surface area contributed by atoms with Crippen LogP contribution in [0.1, 0.15) is 49.4 Å². The first-order valence-corrected chi connectivity index (χ1v) is 8.91. The summed E-state index contributed by atoms with van der Waals surface area (Å²) in [5.41, 5.74) is 6.44. The molecule has 2 fully saturated rings. The molecule has 0 aromatic carbocycles. The normalized spacial score (nSPS) is 25.5. The maximum absolute atomic E-state index is 12.7. The molecule has 1 aromatic rings. The van der Waals surface area contributed by atoms with Gasteiger partial charge in [0.15, 0.2) is 0 Å². The van der Waals surface area contributed by atoms with Gasteiger partial charge >= 0.3 is 0 Å². The topological polar surface area (TPSA) is 62.5 Å². The van der Waals surface area contributed by atoms with Crippen molar-refractivity contribution in [1.82, 2.24) is 9.88 Å². The van der Waals surface area contributed by atoms with Gasteiger partial charge < -0.3 is 15.5 Å². The fourth-order valence-electron chi connectivity index (χ4n) is 3.76. The van der Waals surface area contributed by atoms with Crippen LogP contribution in [0, 0.1) is 5.92 Å². The van der Waals surface area contributed by atoms with Crippen LogP contribution >= 0.6 is 0 Å². The lowest BCUT2D eigenvalue weighted by molar-refractivity contribution is 0.0743. The van der Waals surface area contributed by atoms with Gasteiger partial charge in [-0.15, -0.1) is 0 Å². The SMILES string of the molecule is CC1CC(CN)CN1C(=O)c1ccc(N2CCCCCC2)nc1. The molecule has 3 heterocycles. The summed E-state index contributed by atoms with van der Waals surface area (Å²) >= 11 is 0. The highest BCUT2D eigenvalue weighted by Crippen LogP contribution is 2.24. The van der Waals surface area contributed by atoms with Crippen molar-refractivity contribution < 1.29 is 4.79 Å². The number of hydrogen-bond donors (Lipinski definition) is 1. The number of nitrogens with two attached hydrogens (primary N) is 1. The molecular formula is C18H28N4O. The van der Waals surface area contributed by atoms with Crippen molar-refractivity contribution in [3.63, 3.8) is 0 Å². The minimum Gasteiger partial charge on any atom is -0.357 e. The highest BCUT2D eigenvalue weighted by molar-refractivity contribution is 5.94. The van der Waals surface area contributed by atoms with Crippen molar-refractivity contribution in [2.45, 2.75) is 45.1 Å². The molecular weight excluding hydrogens is 288 g/mol. The predicted molar refractivity (Wildman–Crippen MR) is 92.6 cm³/mol. The van der Waals surface area contributed by atoms with Crippen molar-refractivity contribution >= 4 is 11.7 Å². The molecule has 1 aromatic heterocycles. The molecule has 2 unspecified atom stereocenters. The van der Waals surface area contributed by atoms with Gasteiger partial charge in [-0.05, 0) is 50.8 Å². The Morgan fingerprint density at radius 3 is 2.57 bits per heavy atom. The Bertz CT molecular complexity index is 522. The van der Waals surface area contributed by atoms with E-state index in [0.717, 1.165) is 31.9 Å². The van der Waals surface area contributed by atoms with E-state index in [-0.39, 0.29) is 11.9 Å². The fourth-order valence-corrected chi connectivity index (χ4v) is 3.76. The second-order valence-electron chi connectivity index (χ2n) is 6.95. The average molecular weight is 316 g/mol. The largest absolute Gasteiger partial charge is 0.357 e. The molecule has 0 aliphatic carbocycles. The molecule has 2 saturated heterocycles. The molecule has 5 heteroatoms. The van der Waals surface area contributed by atoms with Crippen LogP contribution in [0.4, 0.5) is 5.82 Å². The van der Waals surface area contributed by atoms with E-state index in [0.29, 0.717) is 18.0 Å². The summed E-state index contributed by atoms with van der Waals surface area (Å²) in [6, 6.07) is 4.19. The zero-order valence-electron chi connectivity index (χ0n) is 14.1. The van der Waals surface area contributed by atoms with E-state index in [1.807, 2.05) is 17.0 Å². The number of carbonyl (C=O) groups is 1. The maximum atomic E-state index is 12.7. The van der Waals surface area contributed by atoms with E-state index < -0.39 is 0 Å². The third-order valence-electron chi connectivity index (χ3n) is 5.18. The summed E-state index contributed by atoms with van der Waals surface area (Å²) in [6.07, 6.45) is 7.82. The molecule has 0 radical (unpaired) electrons. The average Bonchev–Trinajstić information content (AvgIpc) is 2.78. The van der Waals surface area contributed by atoms with Gasteiger partial charge in [0.25, 0.3) is 5.91 Å². The van der Waals surface area contributed by atoms with Crippen LogP contribution in [0.5, 0.6) is 0 Å². The molecule has 5 nitrogen and oxygen atoms in total. The fraction of sp³-hybridized carbons (Fsp3) is 0.667. The van der Waals surface area contributed by atoms with E-state index in [1.165, 1.54) is 25.7 Å². The van der Waals surface area contributed by atoms with Crippen LogP contribution < -0.4 is 10.6 Å². The quantitative estimate of drug-likeness (QED) is 0.929. The van der Waals surface area contributed by atoms with E-state index in [9.17, 15) is 4.79 Å². The van der Waals surface area contributed by atoms with E-state index >= 15 is 0 Å². The van der Waals surface area contributed by atoms with Gasteiger partial charge in [0.1, 0.15) is 5.82 Å². The number of pyridine rings is 1. The predicted octanol–water partition coefficient (Wildman–Crippen LogP) is 2.27. The minimum absolute atomic E-state index is 0.0865. The van der Waals surface area contributed by atoms with Crippen molar-refractivity contribution in [3.8, 4) is 0 Å². The number of hydrogen-bond acceptors (Lipinski definition) is 4. The third-order valence-corrected chi connectivity index (χ3v) is 5.18. The maximum Gasteiger partial charge on any atom is 0.255 e. The molecule has 2 N–H and O–H groups in total. The Morgan fingerprint density at radius 2 is 2.00 bits per heavy atom. The van der Waals surface area contributed by atoms with Crippen LogP contribution in [0.2, 0.25) is 0 Å². The minimum atomic E-state index is 0.0865. The molecule has 2 atom stereocenters. The number of anilines is 1. The zero-order chi connectivity index (χ0) is 16.2. The van der Waals surface area contributed by atoms with Crippen LogP contribution in [0.3, 0.4) is 0 Å². The first kappa shape index (κ1) is 16.2. The Kier molecular flexibility index (Phi) is 5.16. The molecule has 0 bridgehead atoms. The monoisotopic (exact) mass is 316 g/mol. The summed E-state index contributed by atoms with van der Waals surface area (Å²) in [6.45, 7) is 5.67.